The third-order valence-corrected chi connectivity index (χ3v) is 3.23. The van der Waals surface area contributed by atoms with Crippen LogP contribution < -0.4 is 10.6 Å². The first-order valence-electron chi connectivity index (χ1n) is 5.60. The Balaban J connectivity index is 2.08. The molecule has 0 aromatic carbocycles. The lowest BCUT2D eigenvalue weighted by Gasteiger charge is -2.05. The summed E-state index contributed by atoms with van der Waals surface area (Å²) in [4.78, 5) is 16.7. The number of carbonyl (C=O) groups excluding carboxylic acids is 1. The monoisotopic (exact) mass is 241 g/mol. The highest BCUT2D eigenvalue weighted by atomic mass is 32.1. The van der Waals surface area contributed by atoms with Crippen LogP contribution in [0.2, 0.25) is 0 Å². The molecule has 5 heteroatoms. The average molecular weight is 241 g/mol. The zero-order valence-corrected chi connectivity index (χ0v) is 10.7. The number of aryl methyl sites for hydroxylation is 1. The minimum Gasteiger partial charge on any atom is -0.355 e. The molecule has 0 aliphatic carbocycles. The molecule has 90 valence electrons. The molecule has 4 nitrogen and oxygen atoms in total. The zero-order valence-electron chi connectivity index (χ0n) is 9.88. The number of carbonyl (C=O) groups is 1. The van der Waals surface area contributed by atoms with Crippen molar-refractivity contribution in [3.63, 3.8) is 0 Å². The van der Waals surface area contributed by atoms with Crippen LogP contribution in [-0.4, -0.2) is 30.5 Å². The molecule has 0 saturated heterocycles. The van der Waals surface area contributed by atoms with Crippen molar-refractivity contribution < 1.29 is 4.79 Å². The highest BCUT2D eigenvalue weighted by Gasteiger charge is 2.02. The van der Waals surface area contributed by atoms with Gasteiger partial charge >= 0.3 is 0 Å². The van der Waals surface area contributed by atoms with Crippen LogP contribution in [0.4, 0.5) is 0 Å². The Kier molecular flexibility index (Phi) is 6.03. The van der Waals surface area contributed by atoms with E-state index in [1.165, 1.54) is 4.88 Å². The Morgan fingerprint density at radius 2 is 2.31 bits per heavy atom. The molecule has 0 aliphatic rings. The number of hydrogen-bond donors (Lipinski definition) is 2. The topological polar surface area (TPSA) is 54.0 Å². The molecule has 0 atom stereocenters. The third-order valence-electron chi connectivity index (χ3n) is 2.23. The fraction of sp³-hybridized carbons (Fsp3) is 0.636. The van der Waals surface area contributed by atoms with Crippen LogP contribution in [0.25, 0.3) is 0 Å². The number of thiazole rings is 1. The van der Waals surface area contributed by atoms with Gasteiger partial charge in [-0.25, -0.2) is 4.98 Å². The van der Waals surface area contributed by atoms with E-state index in [0.29, 0.717) is 6.54 Å². The Morgan fingerprint density at radius 1 is 1.50 bits per heavy atom. The number of hydrogen-bond acceptors (Lipinski definition) is 4. The first-order valence-corrected chi connectivity index (χ1v) is 6.48. The van der Waals surface area contributed by atoms with Crippen molar-refractivity contribution in [3.05, 3.63) is 16.1 Å². The van der Waals surface area contributed by atoms with E-state index in [9.17, 15) is 4.79 Å². The Labute approximate surface area is 100 Å². The second kappa shape index (κ2) is 7.35. The number of nitrogens with zero attached hydrogens (tertiary/aromatic N) is 1. The van der Waals surface area contributed by atoms with E-state index in [1.807, 2.05) is 19.4 Å². The number of aromatic nitrogens is 1. The molecule has 1 heterocycles. The van der Waals surface area contributed by atoms with Crippen molar-refractivity contribution in [2.45, 2.75) is 26.7 Å². The van der Waals surface area contributed by atoms with E-state index in [0.717, 1.165) is 31.6 Å². The van der Waals surface area contributed by atoms with Gasteiger partial charge in [0.25, 0.3) is 0 Å². The Hall–Kier alpha value is -0.940. The van der Waals surface area contributed by atoms with Crippen LogP contribution in [0.5, 0.6) is 0 Å². The summed E-state index contributed by atoms with van der Waals surface area (Å²) in [6.45, 7) is 6.04. The molecule has 0 radical (unpaired) electrons. The number of nitrogens with one attached hydrogen (secondary N) is 2. The molecule has 0 aliphatic heterocycles. The Bertz CT molecular complexity index is 325. The summed E-state index contributed by atoms with van der Waals surface area (Å²) in [5.41, 5.74) is 2.96. The maximum Gasteiger partial charge on any atom is 0.233 e. The van der Waals surface area contributed by atoms with Gasteiger partial charge in [0.05, 0.1) is 17.7 Å². The van der Waals surface area contributed by atoms with Gasteiger partial charge in [0, 0.05) is 18.0 Å². The van der Waals surface area contributed by atoms with Crippen LogP contribution in [0.15, 0.2) is 5.51 Å². The van der Waals surface area contributed by atoms with Gasteiger partial charge < -0.3 is 10.6 Å². The molecular weight excluding hydrogens is 222 g/mol. The molecule has 16 heavy (non-hydrogen) atoms. The molecule has 1 amide bonds. The molecule has 0 spiro atoms. The molecule has 0 fully saturated rings. The molecule has 0 bridgehead atoms. The Morgan fingerprint density at radius 3 is 2.94 bits per heavy atom. The largest absolute Gasteiger partial charge is 0.355 e. The van der Waals surface area contributed by atoms with E-state index in [-0.39, 0.29) is 5.91 Å². The molecule has 1 rings (SSSR count). The van der Waals surface area contributed by atoms with Gasteiger partial charge in [-0.05, 0) is 19.8 Å². The fourth-order valence-corrected chi connectivity index (χ4v) is 2.08. The second-order valence-corrected chi connectivity index (χ2v) is 4.58. The molecule has 1 aromatic rings. The normalized spacial score (nSPS) is 10.4. The maximum atomic E-state index is 11.2. The molecule has 0 saturated carbocycles. The average Bonchev–Trinajstić information content (AvgIpc) is 2.67. The van der Waals surface area contributed by atoms with E-state index < -0.39 is 0 Å². The first-order chi connectivity index (χ1) is 7.74. The molecule has 2 N–H and O–H groups in total. The lowest BCUT2D eigenvalue weighted by molar-refractivity contribution is -0.120. The van der Waals surface area contributed by atoms with Crippen LogP contribution in [-0.2, 0) is 11.2 Å². The van der Waals surface area contributed by atoms with Crippen molar-refractivity contribution in [1.29, 1.82) is 0 Å². The van der Waals surface area contributed by atoms with E-state index in [4.69, 9.17) is 0 Å². The maximum absolute atomic E-state index is 11.2. The summed E-state index contributed by atoms with van der Waals surface area (Å²) >= 11 is 1.67. The van der Waals surface area contributed by atoms with Gasteiger partial charge in [-0.1, -0.05) is 6.92 Å². The predicted octanol–water partition coefficient (Wildman–Crippen LogP) is 1.11. The van der Waals surface area contributed by atoms with Gasteiger partial charge in [0.2, 0.25) is 5.91 Å². The highest BCUT2D eigenvalue weighted by molar-refractivity contribution is 7.09. The van der Waals surface area contributed by atoms with Gasteiger partial charge in [-0.3, -0.25) is 4.79 Å². The van der Waals surface area contributed by atoms with E-state index in [2.05, 4.69) is 15.6 Å². The van der Waals surface area contributed by atoms with Gasteiger partial charge in [0.1, 0.15) is 0 Å². The lowest BCUT2D eigenvalue weighted by Crippen LogP contribution is -2.35. The van der Waals surface area contributed by atoms with Crippen molar-refractivity contribution in [3.8, 4) is 0 Å². The lowest BCUT2D eigenvalue weighted by atomic mass is 10.3. The summed E-state index contributed by atoms with van der Waals surface area (Å²) in [5, 5.41) is 5.95. The van der Waals surface area contributed by atoms with Gasteiger partial charge in [0.15, 0.2) is 0 Å². The summed E-state index contributed by atoms with van der Waals surface area (Å²) < 4.78 is 0. The molecule has 1 aromatic heterocycles. The smallest absolute Gasteiger partial charge is 0.233 e. The standard InChI is InChI=1S/C11H19N3OS/c1-3-5-13-11(15)7-12-6-4-10-9(2)14-8-16-10/h8,12H,3-7H2,1-2H3,(H,13,15). The third kappa shape index (κ3) is 4.72. The molecule has 0 unspecified atom stereocenters. The SMILES string of the molecule is CCCNC(=O)CNCCc1scnc1C. The minimum atomic E-state index is 0.0721. The zero-order chi connectivity index (χ0) is 11.8. The quantitative estimate of drug-likeness (QED) is 0.703. The van der Waals surface area contributed by atoms with Crippen molar-refractivity contribution in [2.24, 2.45) is 0 Å². The van der Waals surface area contributed by atoms with Gasteiger partial charge in [-0.2, -0.15) is 0 Å². The van der Waals surface area contributed by atoms with E-state index in [1.54, 1.807) is 11.3 Å². The van der Waals surface area contributed by atoms with E-state index >= 15 is 0 Å². The first kappa shape index (κ1) is 13.1. The summed E-state index contributed by atoms with van der Waals surface area (Å²) in [6, 6.07) is 0. The highest BCUT2D eigenvalue weighted by Crippen LogP contribution is 2.11. The summed E-state index contributed by atoms with van der Waals surface area (Å²) in [7, 11) is 0. The van der Waals surface area contributed by atoms with Crippen molar-refractivity contribution in [1.82, 2.24) is 15.6 Å². The number of rotatable bonds is 7. The number of amides is 1. The summed E-state index contributed by atoms with van der Waals surface area (Å²) in [5.74, 6) is 0.0721. The predicted molar refractivity (Wildman–Crippen MR) is 66.7 cm³/mol. The van der Waals surface area contributed by atoms with Crippen molar-refractivity contribution >= 4 is 17.2 Å². The van der Waals surface area contributed by atoms with Crippen LogP contribution in [0.1, 0.15) is 23.9 Å². The van der Waals surface area contributed by atoms with Crippen LogP contribution in [0.3, 0.4) is 0 Å². The molecular formula is C11H19N3OS. The fourth-order valence-electron chi connectivity index (χ4n) is 1.30. The van der Waals surface area contributed by atoms with Crippen LogP contribution in [0, 0.1) is 6.92 Å². The second-order valence-electron chi connectivity index (χ2n) is 3.64. The van der Waals surface area contributed by atoms with Gasteiger partial charge in [-0.15, -0.1) is 11.3 Å². The van der Waals surface area contributed by atoms with Crippen LogP contribution >= 0.6 is 11.3 Å². The summed E-state index contributed by atoms with van der Waals surface area (Å²) in [6.07, 6.45) is 1.92. The minimum absolute atomic E-state index is 0.0721. The van der Waals surface area contributed by atoms with Crippen molar-refractivity contribution in [2.75, 3.05) is 19.6 Å².